The smallest absolute Gasteiger partial charge is 0.410 e. The fourth-order valence-electron chi connectivity index (χ4n) is 2.26. The average molecular weight is 297 g/mol. The molecular formula is C15H23NO5. The van der Waals surface area contributed by atoms with Gasteiger partial charge in [0.15, 0.2) is 0 Å². The van der Waals surface area contributed by atoms with Crippen LogP contribution >= 0.6 is 0 Å². The molecule has 6 heteroatoms. The van der Waals surface area contributed by atoms with Crippen LogP contribution in [-0.2, 0) is 15.9 Å². The summed E-state index contributed by atoms with van der Waals surface area (Å²) in [5, 5.41) is 10.4. The van der Waals surface area contributed by atoms with Crippen LogP contribution in [-0.4, -0.2) is 53.6 Å². The first kappa shape index (κ1) is 15.9. The molecule has 1 fully saturated rings. The van der Waals surface area contributed by atoms with Gasteiger partial charge < -0.3 is 19.0 Å². The summed E-state index contributed by atoms with van der Waals surface area (Å²) in [6.45, 7) is 6.61. The summed E-state index contributed by atoms with van der Waals surface area (Å²) >= 11 is 0. The fraction of sp³-hybridized carbons (Fsp3) is 0.667. The SMILES string of the molecule is CC(C)(C)OC(=O)N1CCOCC1C(O)Cc1ccco1. The molecule has 0 bridgehead atoms. The van der Waals surface area contributed by atoms with Gasteiger partial charge in [0.1, 0.15) is 11.4 Å². The van der Waals surface area contributed by atoms with Crippen LogP contribution in [0.4, 0.5) is 4.79 Å². The maximum atomic E-state index is 12.2. The fourth-order valence-corrected chi connectivity index (χ4v) is 2.26. The number of hydrogen-bond acceptors (Lipinski definition) is 5. The predicted octanol–water partition coefficient (Wildman–Crippen LogP) is 1.82. The Bertz CT molecular complexity index is 451. The van der Waals surface area contributed by atoms with E-state index in [1.807, 2.05) is 20.8 Å². The molecule has 2 unspecified atom stereocenters. The Hall–Kier alpha value is -1.53. The van der Waals surface area contributed by atoms with Gasteiger partial charge in [-0.2, -0.15) is 0 Å². The molecule has 1 aromatic heterocycles. The monoisotopic (exact) mass is 297 g/mol. The zero-order chi connectivity index (χ0) is 15.5. The van der Waals surface area contributed by atoms with E-state index in [0.29, 0.717) is 31.9 Å². The van der Waals surface area contributed by atoms with Crippen molar-refractivity contribution in [2.45, 2.75) is 44.9 Å². The number of amides is 1. The van der Waals surface area contributed by atoms with Gasteiger partial charge in [-0.25, -0.2) is 4.79 Å². The summed E-state index contributed by atoms with van der Waals surface area (Å²) in [7, 11) is 0. The van der Waals surface area contributed by atoms with Crippen molar-refractivity contribution in [2.24, 2.45) is 0 Å². The van der Waals surface area contributed by atoms with E-state index in [1.54, 1.807) is 23.3 Å². The highest BCUT2D eigenvalue weighted by Gasteiger charge is 2.35. The predicted molar refractivity (Wildman–Crippen MR) is 76.0 cm³/mol. The highest BCUT2D eigenvalue weighted by Crippen LogP contribution is 2.18. The van der Waals surface area contributed by atoms with Crippen LogP contribution in [0.1, 0.15) is 26.5 Å². The van der Waals surface area contributed by atoms with Crippen LogP contribution in [0, 0.1) is 0 Å². The first-order chi connectivity index (χ1) is 9.87. The van der Waals surface area contributed by atoms with Gasteiger partial charge in [0.2, 0.25) is 0 Å². The number of carbonyl (C=O) groups excluding carboxylic acids is 1. The largest absolute Gasteiger partial charge is 0.469 e. The van der Waals surface area contributed by atoms with Crippen molar-refractivity contribution in [1.82, 2.24) is 4.90 Å². The second kappa shape index (κ2) is 6.49. The molecule has 2 heterocycles. The summed E-state index contributed by atoms with van der Waals surface area (Å²) in [5.74, 6) is 0.678. The molecule has 2 rings (SSSR count). The van der Waals surface area contributed by atoms with Crippen molar-refractivity contribution in [2.75, 3.05) is 19.8 Å². The molecule has 21 heavy (non-hydrogen) atoms. The molecule has 0 aliphatic carbocycles. The van der Waals surface area contributed by atoms with E-state index < -0.39 is 23.8 Å². The minimum Gasteiger partial charge on any atom is -0.469 e. The number of furan rings is 1. The minimum absolute atomic E-state index is 0.293. The van der Waals surface area contributed by atoms with Gasteiger partial charge in [-0.1, -0.05) is 0 Å². The highest BCUT2D eigenvalue weighted by molar-refractivity contribution is 5.68. The Morgan fingerprint density at radius 3 is 2.95 bits per heavy atom. The summed E-state index contributed by atoms with van der Waals surface area (Å²) in [6.07, 6.45) is 0.712. The van der Waals surface area contributed by atoms with Crippen molar-refractivity contribution in [3.05, 3.63) is 24.2 Å². The molecule has 0 spiro atoms. The lowest BCUT2D eigenvalue weighted by Gasteiger charge is -2.38. The topological polar surface area (TPSA) is 72.1 Å². The van der Waals surface area contributed by atoms with Crippen LogP contribution in [0.25, 0.3) is 0 Å². The number of aliphatic hydroxyl groups excluding tert-OH is 1. The summed E-state index contributed by atoms with van der Waals surface area (Å²) in [6, 6.07) is 3.13. The van der Waals surface area contributed by atoms with Crippen molar-refractivity contribution in [3.63, 3.8) is 0 Å². The van der Waals surface area contributed by atoms with Crippen LogP contribution in [0.2, 0.25) is 0 Å². The highest BCUT2D eigenvalue weighted by atomic mass is 16.6. The molecule has 6 nitrogen and oxygen atoms in total. The molecule has 1 amide bonds. The van der Waals surface area contributed by atoms with Gasteiger partial charge >= 0.3 is 6.09 Å². The Labute approximate surface area is 124 Å². The first-order valence-electron chi connectivity index (χ1n) is 7.14. The summed E-state index contributed by atoms with van der Waals surface area (Å²) < 4.78 is 16.0. The summed E-state index contributed by atoms with van der Waals surface area (Å²) in [4.78, 5) is 13.8. The van der Waals surface area contributed by atoms with E-state index in [2.05, 4.69) is 0 Å². The molecule has 118 valence electrons. The van der Waals surface area contributed by atoms with E-state index in [-0.39, 0.29) is 0 Å². The number of morpholine rings is 1. The lowest BCUT2D eigenvalue weighted by atomic mass is 10.0. The molecule has 2 atom stereocenters. The van der Waals surface area contributed by atoms with Crippen molar-refractivity contribution >= 4 is 6.09 Å². The number of carbonyl (C=O) groups is 1. The van der Waals surface area contributed by atoms with Crippen molar-refractivity contribution < 1.29 is 23.8 Å². The summed E-state index contributed by atoms with van der Waals surface area (Å²) in [5.41, 5.74) is -0.564. The number of hydrogen-bond donors (Lipinski definition) is 1. The number of aliphatic hydroxyl groups is 1. The van der Waals surface area contributed by atoms with E-state index in [9.17, 15) is 9.90 Å². The van der Waals surface area contributed by atoms with E-state index in [1.165, 1.54) is 0 Å². The number of ether oxygens (including phenoxy) is 2. The van der Waals surface area contributed by atoms with Gasteiger partial charge in [0.25, 0.3) is 0 Å². The van der Waals surface area contributed by atoms with Crippen LogP contribution < -0.4 is 0 Å². The second-order valence-corrected chi connectivity index (χ2v) is 6.17. The first-order valence-corrected chi connectivity index (χ1v) is 7.14. The van der Waals surface area contributed by atoms with E-state index >= 15 is 0 Å². The third-order valence-electron chi connectivity index (χ3n) is 3.23. The maximum Gasteiger partial charge on any atom is 0.410 e. The van der Waals surface area contributed by atoms with Crippen LogP contribution in [0.15, 0.2) is 22.8 Å². The Kier molecular flexibility index (Phi) is 4.90. The molecule has 1 aromatic rings. The molecule has 0 saturated carbocycles. The Morgan fingerprint density at radius 2 is 2.33 bits per heavy atom. The standard InChI is InChI=1S/C15H23NO5/c1-15(2,3)21-14(18)16-6-8-19-10-12(16)13(17)9-11-5-4-7-20-11/h4-5,7,12-13,17H,6,8-10H2,1-3H3. The molecule has 0 aromatic carbocycles. The Balaban J connectivity index is 2.02. The van der Waals surface area contributed by atoms with Gasteiger partial charge in [-0.15, -0.1) is 0 Å². The lowest BCUT2D eigenvalue weighted by Crippen LogP contribution is -2.55. The zero-order valence-electron chi connectivity index (χ0n) is 12.7. The third-order valence-corrected chi connectivity index (χ3v) is 3.23. The molecule has 1 saturated heterocycles. The third kappa shape index (κ3) is 4.47. The normalized spacial score (nSPS) is 21.1. The molecular weight excluding hydrogens is 274 g/mol. The number of nitrogens with zero attached hydrogens (tertiary/aromatic N) is 1. The van der Waals surface area contributed by atoms with Crippen molar-refractivity contribution in [1.29, 1.82) is 0 Å². The lowest BCUT2D eigenvalue weighted by molar-refractivity contribution is -0.0667. The second-order valence-electron chi connectivity index (χ2n) is 6.17. The quantitative estimate of drug-likeness (QED) is 0.921. The average Bonchev–Trinajstić information content (AvgIpc) is 2.89. The van der Waals surface area contributed by atoms with Gasteiger partial charge in [0, 0.05) is 13.0 Å². The van der Waals surface area contributed by atoms with Gasteiger partial charge in [0.05, 0.1) is 31.6 Å². The maximum absolute atomic E-state index is 12.2. The van der Waals surface area contributed by atoms with Crippen molar-refractivity contribution in [3.8, 4) is 0 Å². The molecule has 1 aliphatic heterocycles. The molecule has 1 aliphatic rings. The van der Waals surface area contributed by atoms with Gasteiger partial charge in [-0.05, 0) is 32.9 Å². The number of rotatable bonds is 3. The van der Waals surface area contributed by atoms with Gasteiger partial charge in [-0.3, -0.25) is 4.90 Å². The minimum atomic E-state index is -0.760. The van der Waals surface area contributed by atoms with Crippen LogP contribution in [0.5, 0.6) is 0 Å². The molecule has 0 radical (unpaired) electrons. The molecule has 1 N–H and O–H groups in total. The van der Waals surface area contributed by atoms with Crippen LogP contribution in [0.3, 0.4) is 0 Å². The Morgan fingerprint density at radius 1 is 1.57 bits per heavy atom. The van der Waals surface area contributed by atoms with E-state index in [4.69, 9.17) is 13.9 Å². The zero-order valence-corrected chi connectivity index (χ0v) is 12.7. The van der Waals surface area contributed by atoms with E-state index in [0.717, 1.165) is 0 Å².